The molecule has 0 saturated heterocycles. The number of urea groups is 1. The number of aromatic nitrogens is 1. The van der Waals surface area contributed by atoms with Gasteiger partial charge in [0.1, 0.15) is 0 Å². The Morgan fingerprint density at radius 2 is 2.10 bits per heavy atom. The van der Waals surface area contributed by atoms with Crippen molar-refractivity contribution in [3.05, 3.63) is 45.9 Å². The summed E-state index contributed by atoms with van der Waals surface area (Å²) in [5.41, 5.74) is 8.60. The first-order chi connectivity index (χ1) is 10.0. The predicted octanol–water partition coefficient (Wildman–Crippen LogP) is 2.84. The van der Waals surface area contributed by atoms with Crippen LogP contribution in [-0.4, -0.2) is 17.6 Å². The Morgan fingerprint density at radius 1 is 1.38 bits per heavy atom. The van der Waals surface area contributed by atoms with E-state index in [1.807, 2.05) is 43.5 Å². The Balaban J connectivity index is 1.76. The molecule has 2 amide bonds. The Kier molecular flexibility index (Phi) is 5.30. The predicted molar refractivity (Wildman–Crippen MR) is 86.6 cm³/mol. The van der Waals surface area contributed by atoms with Gasteiger partial charge in [0.15, 0.2) is 0 Å². The van der Waals surface area contributed by atoms with Crippen molar-refractivity contribution in [1.82, 2.24) is 10.3 Å². The summed E-state index contributed by atoms with van der Waals surface area (Å²) in [5.74, 6) is 0. The SMILES string of the molecule is Cc1csc(CCNC(=O)Nc2ccc(C(C)N)cc2)n1. The number of carbonyl (C=O) groups is 1. The summed E-state index contributed by atoms with van der Waals surface area (Å²) in [6.07, 6.45) is 0.746. The van der Waals surface area contributed by atoms with E-state index >= 15 is 0 Å². The van der Waals surface area contributed by atoms with Gasteiger partial charge in [0.2, 0.25) is 0 Å². The Bertz CT molecular complexity index is 592. The molecule has 1 unspecified atom stereocenters. The molecule has 0 aliphatic heterocycles. The fourth-order valence-electron chi connectivity index (χ4n) is 1.85. The van der Waals surface area contributed by atoms with E-state index in [0.717, 1.165) is 28.4 Å². The molecular weight excluding hydrogens is 284 g/mol. The number of hydrogen-bond acceptors (Lipinski definition) is 4. The normalized spacial score (nSPS) is 12.0. The molecular formula is C15H20N4OS. The number of nitrogens with two attached hydrogens (primary N) is 1. The summed E-state index contributed by atoms with van der Waals surface area (Å²) in [4.78, 5) is 16.1. The number of rotatable bonds is 5. The number of nitrogens with zero attached hydrogens (tertiary/aromatic N) is 1. The van der Waals surface area contributed by atoms with E-state index in [1.165, 1.54) is 0 Å². The van der Waals surface area contributed by atoms with Crippen molar-refractivity contribution in [2.45, 2.75) is 26.3 Å². The number of benzene rings is 1. The maximum Gasteiger partial charge on any atom is 0.319 e. The number of thiazole rings is 1. The monoisotopic (exact) mass is 304 g/mol. The van der Waals surface area contributed by atoms with Gasteiger partial charge in [-0.2, -0.15) is 0 Å². The lowest BCUT2D eigenvalue weighted by Crippen LogP contribution is -2.30. The minimum Gasteiger partial charge on any atom is -0.337 e. The number of nitrogens with one attached hydrogen (secondary N) is 2. The highest BCUT2D eigenvalue weighted by molar-refractivity contribution is 7.09. The summed E-state index contributed by atoms with van der Waals surface area (Å²) in [6.45, 7) is 4.46. The van der Waals surface area contributed by atoms with Crippen LogP contribution >= 0.6 is 11.3 Å². The van der Waals surface area contributed by atoms with Gasteiger partial charge in [0.05, 0.1) is 5.01 Å². The van der Waals surface area contributed by atoms with Crippen LogP contribution in [0.4, 0.5) is 10.5 Å². The zero-order valence-corrected chi connectivity index (χ0v) is 13.0. The number of anilines is 1. The van der Waals surface area contributed by atoms with Gasteiger partial charge >= 0.3 is 6.03 Å². The summed E-state index contributed by atoms with van der Waals surface area (Å²) in [7, 11) is 0. The molecule has 4 N–H and O–H groups in total. The molecule has 0 aliphatic rings. The van der Waals surface area contributed by atoms with Crippen LogP contribution in [0.2, 0.25) is 0 Å². The highest BCUT2D eigenvalue weighted by Crippen LogP contribution is 2.14. The molecule has 1 aromatic heterocycles. The third kappa shape index (κ3) is 4.84. The van der Waals surface area contributed by atoms with E-state index in [9.17, 15) is 4.79 Å². The van der Waals surface area contributed by atoms with Crippen molar-refractivity contribution < 1.29 is 4.79 Å². The first-order valence-corrected chi connectivity index (χ1v) is 7.74. The highest BCUT2D eigenvalue weighted by Gasteiger charge is 2.04. The number of hydrogen-bond donors (Lipinski definition) is 3. The van der Waals surface area contributed by atoms with Crippen molar-refractivity contribution in [2.75, 3.05) is 11.9 Å². The number of carbonyl (C=O) groups excluding carboxylic acids is 1. The van der Waals surface area contributed by atoms with Gasteiger partial charge in [-0.3, -0.25) is 0 Å². The fraction of sp³-hybridized carbons (Fsp3) is 0.333. The first kappa shape index (κ1) is 15.5. The third-order valence-corrected chi connectivity index (χ3v) is 4.01. The van der Waals surface area contributed by atoms with Crippen molar-refractivity contribution in [3.63, 3.8) is 0 Å². The largest absolute Gasteiger partial charge is 0.337 e. The van der Waals surface area contributed by atoms with Crippen molar-refractivity contribution in [3.8, 4) is 0 Å². The molecule has 6 heteroatoms. The fourth-order valence-corrected chi connectivity index (χ4v) is 2.62. The Morgan fingerprint density at radius 3 is 2.67 bits per heavy atom. The third-order valence-electron chi connectivity index (χ3n) is 2.99. The quantitative estimate of drug-likeness (QED) is 0.794. The lowest BCUT2D eigenvalue weighted by Gasteiger charge is -2.09. The summed E-state index contributed by atoms with van der Waals surface area (Å²) < 4.78 is 0. The summed E-state index contributed by atoms with van der Waals surface area (Å²) in [6, 6.07) is 7.31. The van der Waals surface area contributed by atoms with Crippen LogP contribution in [-0.2, 0) is 6.42 Å². The van der Waals surface area contributed by atoms with E-state index in [1.54, 1.807) is 11.3 Å². The van der Waals surface area contributed by atoms with Crippen LogP contribution < -0.4 is 16.4 Å². The molecule has 2 rings (SSSR count). The van der Waals surface area contributed by atoms with Gasteiger partial charge in [0.25, 0.3) is 0 Å². The molecule has 1 atom stereocenters. The molecule has 2 aromatic rings. The molecule has 0 radical (unpaired) electrons. The molecule has 0 saturated carbocycles. The summed E-state index contributed by atoms with van der Waals surface area (Å²) in [5, 5.41) is 8.66. The minimum absolute atomic E-state index is 0.00497. The molecule has 0 spiro atoms. The van der Waals surface area contributed by atoms with Crippen LogP contribution in [0.1, 0.15) is 29.2 Å². The zero-order valence-electron chi connectivity index (χ0n) is 12.2. The van der Waals surface area contributed by atoms with Gasteiger partial charge in [-0.15, -0.1) is 11.3 Å². The molecule has 5 nitrogen and oxygen atoms in total. The van der Waals surface area contributed by atoms with Gasteiger partial charge < -0.3 is 16.4 Å². The molecule has 0 fully saturated rings. The first-order valence-electron chi connectivity index (χ1n) is 6.86. The molecule has 1 aromatic carbocycles. The van der Waals surface area contributed by atoms with Crippen molar-refractivity contribution >= 4 is 23.1 Å². The maximum absolute atomic E-state index is 11.8. The van der Waals surface area contributed by atoms with E-state index in [4.69, 9.17) is 5.73 Å². The van der Waals surface area contributed by atoms with E-state index in [0.29, 0.717) is 6.54 Å². The molecule has 0 aliphatic carbocycles. The van der Waals surface area contributed by atoms with Gasteiger partial charge in [-0.05, 0) is 31.5 Å². The van der Waals surface area contributed by atoms with Crippen LogP contribution in [0.5, 0.6) is 0 Å². The number of aryl methyl sites for hydroxylation is 1. The van der Waals surface area contributed by atoms with Crippen LogP contribution in [0.25, 0.3) is 0 Å². The lowest BCUT2D eigenvalue weighted by molar-refractivity contribution is 0.252. The second kappa shape index (κ2) is 7.19. The van der Waals surface area contributed by atoms with E-state index < -0.39 is 0 Å². The zero-order chi connectivity index (χ0) is 15.2. The van der Waals surface area contributed by atoms with Crippen LogP contribution in [0.15, 0.2) is 29.6 Å². The number of amides is 2. The minimum atomic E-state index is -0.211. The molecule has 112 valence electrons. The van der Waals surface area contributed by atoms with E-state index in [-0.39, 0.29) is 12.1 Å². The second-order valence-corrected chi connectivity index (χ2v) is 5.87. The Labute approximate surface area is 128 Å². The van der Waals surface area contributed by atoms with Gasteiger partial charge in [-0.25, -0.2) is 9.78 Å². The average molecular weight is 304 g/mol. The molecule has 21 heavy (non-hydrogen) atoms. The second-order valence-electron chi connectivity index (χ2n) is 4.92. The van der Waals surface area contributed by atoms with Crippen molar-refractivity contribution in [2.24, 2.45) is 5.73 Å². The van der Waals surface area contributed by atoms with Gasteiger partial charge in [0, 0.05) is 35.8 Å². The van der Waals surface area contributed by atoms with Gasteiger partial charge in [-0.1, -0.05) is 12.1 Å². The Hall–Kier alpha value is -1.92. The standard InChI is InChI=1S/C15H20N4OS/c1-10-9-21-14(18-10)7-8-17-15(20)19-13-5-3-12(4-6-13)11(2)16/h3-6,9,11H,7-8,16H2,1-2H3,(H2,17,19,20). The molecule has 1 heterocycles. The highest BCUT2D eigenvalue weighted by atomic mass is 32.1. The van der Waals surface area contributed by atoms with Crippen LogP contribution in [0.3, 0.4) is 0 Å². The average Bonchev–Trinajstić information content (AvgIpc) is 2.85. The maximum atomic E-state index is 11.8. The van der Waals surface area contributed by atoms with Crippen LogP contribution in [0, 0.1) is 6.92 Å². The van der Waals surface area contributed by atoms with Crippen molar-refractivity contribution in [1.29, 1.82) is 0 Å². The topological polar surface area (TPSA) is 80.0 Å². The summed E-state index contributed by atoms with van der Waals surface area (Å²) >= 11 is 1.61. The molecule has 0 bridgehead atoms. The lowest BCUT2D eigenvalue weighted by atomic mass is 10.1. The van der Waals surface area contributed by atoms with E-state index in [2.05, 4.69) is 15.6 Å². The smallest absolute Gasteiger partial charge is 0.319 e.